The summed E-state index contributed by atoms with van der Waals surface area (Å²) in [4.78, 5) is 15.9. The molecule has 0 saturated carbocycles. The second kappa shape index (κ2) is 19.0. The molecule has 0 aliphatic heterocycles. The van der Waals surface area contributed by atoms with E-state index in [0.29, 0.717) is 0 Å². The van der Waals surface area contributed by atoms with Gasteiger partial charge < -0.3 is 4.42 Å². The van der Waals surface area contributed by atoms with Gasteiger partial charge in [0.25, 0.3) is 0 Å². The van der Waals surface area contributed by atoms with Gasteiger partial charge >= 0.3 is 20.1 Å². The molecule has 12 rings (SSSR count). The van der Waals surface area contributed by atoms with Crippen molar-refractivity contribution in [2.24, 2.45) is 5.41 Å². The zero-order valence-electron chi connectivity index (χ0n) is 41.5. The molecule has 2 unspecified atom stereocenters. The van der Waals surface area contributed by atoms with E-state index in [2.05, 4.69) is 223 Å². The van der Waals surface area contributed by atoms with Crippen LogP contribution in [-0.4, -0.2) is 15.0 Å². The van der Waals surface area contributed by atoms with Crippen molar-refractivity contribution in [2.75, 3.05) is 0 Å². The van der Waals surface area contributed by atoms with E-state index < -0.39 is 10.8 Å². The van der Waals surface area contributed by atoms with Gasteiger partial charge in [0.15, 0.2) is 0 Å². The predicted molar refractivity (Wildman–Crippen MR) is 295 cm³/mol. The number of pyridine rings is 3. The smallest absolute Gasteiger partial charge is 0.500 e. The summed E-state index contributed by atoms with van der Waals surface area (Å²) in [5.41, 5.74) is 12.7. The zero-order chi connectivity index (χ0) is 49.0. The maximum atomic E-state index is 7.38. The molecule has 0 aliphatic rings. The van der Waals surface area contributed by atoms with Crippen LogP contribution in [0.5, 0.6) is 0 Å². The maximum absolute atomic E-state index is 7.38. The van der Waals surface area contributed by atoms with Gasteiger partial charge in [-0.1, -0.05) is 159 Å². The average Bonchev–Trinajstić information content (AvgIpc) is 3.81. The van der Waals surface area contributed by atoms with Crippen molar-refractivity contribution in [2.45, 2.75) is 51.9 Å². The Kier molecular flexibility index (Phi) is 12.4. The van der Waals surface area contributed by atoms with Crippen molar-refractivity contribution in [3.63, 3.8) is 0 Å². The van der Waals surface area contributed by atoms with E-state index in [9.17, 15) is 0 Å². The standard InChI is InChI=1S/C68H52N3O.Ir/c1-66(2,3)44-45-39-59(71-62(40-45)68(5,52-23-10-7-11-24-52)61-28-15-17-38-70-61)58-43-54(42-57-56-36-35-50-34-33-49-21-12-13-26-55(49)63(50)65(56)72-64(57)58)67(4,60-27-14-16-37-69-60)53-25-18-22-51(41-53)48-31-29-47(30-32-48)46-19-8-6-9-20-46;/h6-23,26-42H,44H2,1-5H3;/q-3;+3. The van der Waals surface area contributed by atoms with Crippen molar-refractivity contribution in [3.8, 4) is 33.5 Å². The molecular weight excluding hydrogens is 1070 g/mol. The van der Waals surface area contributed by atoms with Crippen LogP contribution in [0.1, 0.15) is 74.0 Å². The summed E-state index contributed by atoms with van der Waals surface area (Å²) < 4.78 is 7.38. The van der Waals surface area contributed by atoms with Gasteiger partial charge in [-0.25, -0.2) is 0 Å². The van der Waals surface area contributed by atoms with E-state index in [-0.39, 0.29) is 25.5 Å². The molecule has 73 heavy (non-hydrogen) atoms. The fourth-order valence-corrected chi connectivity index (χ4v) is 10.8. The first-order chi connectivity index (χ1) is 35.0. The Hall–Kier alpha value is -7.82. The molecule has 4 heterocycles. The van der Waals surface area contributed by atoms with Crippen molar-refractivity contribution >= 4 is 43.5 Å². The number of hydrogen-bond acceptors (Lipinski definition) is 4. The van der Waals surface area contributed by atoms with E-state index in [0.717, 1.165) is 112 Å². The van der Waals surface area contributed by atoms with Crippen LogP contribution in [0.2, 0.25) is 0 Å². The summed E-state index contributed by atoms with van der Waals surface area (Å²) in [6.07, 6.45) is 4.56. The SMILES string of the molecule is CC(C)(C)Cc1cc(-c2[c-]c(C(C)(c3[c-]ccc(-c4ccc(-c5ccccc5)cc4)c3)c3ccccn3)cc3c2oc2c3ccc3ccc4ccccc4c32)nc(C(C)(c2[c-]cccc2)c2ccccn2)c1.[Ir+3]. The molecule has 0 radical (unpaired) electrons. The predicted octanol–water partition coefficient (Wildman–Crippen LogP) is 16.8. The van der Waals surface area contributed by atoms with Crippen LogP contribution in [0.3, 0.4) is 0 Å². The number of nitrogens with zero attached hydrogens (tertiary/aromatic N) is 3. The Morgan fingerprint density at radius 3 is 1.81 bits per heavy atom. The van der Waals surface area contributed by atoms with Gasteiger partial charge in [0.2, 0.25) is 0 Å². The third-order valence-corrected chi connectivity index (χ3v) is 14.6. The van der Waals surface area contributed by atoms with Crippen molar-refractivity contribution < 1.29 is 24.5 Å². The van der Waals surface area contributed by atoms with Crippen LogP contribution in [0.4, 0.5) is 0 Å². The summed E-state index contributed by atoms with van der Waals surface area (Å²) in [6, 6.07) is 81.9. The number of furan rings is 1. The minimum Gasteiger partial charge on any atom is -0.500 e. The second-order valence-electron chi connectivity index (χ2n) is 20.6. The van der Waals surface area contributed by atoms with Crippen LogP contribution in [0.15, 0.2) is 217 Å². The molecule has 0 amide bonds. The monoisotopic (exact) mass is 1120 g/mol. The van der Waals surface area contributed by atoms with Crippen molar-refractivity contribution in [3.05, 3.63) is 270 Å². The number of fused-ring (bicyclic) bond motifs is 7. The molecule has 0 saturated heterocycles. The first-order valence-electron chi connectivity index (χ1n) is 24.8. The third-order valence-electron chi connectivity index (χ3n) is 14.6. The van der Waals surface area contributed by atoms with Gasteiger partial charge in [0, 0.05) is 34.3 Å². The first-order valence-corrected chi connectivity index (χ1v) is 24.8. The minimum atomic E-state index is -0.843. The fourth-order valence-electron chi connectivity index (χ4n) is 10.8. The molecule has 0 bridgehead atoms. The molecule has 0 spiro atoms. The Labute approximate surface area is 441 Å². The number of rotatable bonds is 10. The molecule has 8 aromatic carbocycles. The van der Waals surface area contributed by atoms with Gasteiger partial charge in [-0.15, -0.1) is 34.4 Å². The van der Waals surface area contributed by atoms with E-state index in [1.807, 2.05) is 42.7 Å². The second-order valence-corrected chi connectivity index (χ2v) is 20.6. The number of aromatic nitrogens is 3. The van der Waals surface area contributed by atoms with Crippen LogP contribution in [0, 0.1) is 23.6 Å². The van der Waals surface area contributed by atoms with Gasteiger partial charge in [-0.2, -0.15) is 54.6 Å². The van der Waals surface area contributed by atoms with E-state index in [4.69, 9.17) is 19.4 Å². The number of benzene rings is 8. The Bertz CT molecular complexity index is 3900. The quantitative estimate of drug-likeness (QED) is 0.101. The molecular formula is C68H52IrN3O. The van der Waals surface area contributed by atoms with E-state index >= 15 is 0 Å². The summed E-state index contributed by atoms with van der Waals surface area (Å²) in [6.45, 7) is 11.3. The van der Waals surface area contributed by atoms with Crippen molar-refractivity contribution in [1.82, 2.24) is 15.0 Å². The molecule has 0 fully saturated rings. The summed E-state index contributed by atoms with van der Waals surface area (Å²) in [7, 11) is 0. The molecule has 0 N–H and O–H groups in total. The van der Waals surface area contributed by atoms with Gasteiger partial charge in [-0.05, 0) is 94.6 Å². The fraction of sp³-hybridized carbons (Fsp3) is 0.132. The van der Waals surface area contributed by atoms with Gasteiger partial charge in [-0.3, -0.25) is 15.0 Å². The number of hydrogen-bond donors (Lipinski definition) is 0. The minimum absolute atomic E-state index is 0. The summed E-state index contributed by atoms with van der Waals surface area (Å²) in [5, 5.41) is 6.50. The first kappa shape index (κ1) is 47.5. The largest absolute Gasteiger partial charge is 3.00 e. The van der Waals surface area contributed by atoms with E-state index in [1.165, 1.54) is 11.1 Å². The maximum Gasteiger partial charge on any atom is 3.00 e. The molecule has 0 aliphatic carbocycles. The average molecular weight is 1120 g/mol. The Morgan fingerprint density at radius 1 is 0.452 bits per heavy atom. The molecule has 354 valence electrons. The normalized spacial score (nSPS) is 13.4. The molecule has 4 nitrogen and oxygen atoms in total. The molecule has 2 atom stereocenters. The van der Waals surface area contributed by atoms with Crippen LogP contribution >= 0.6 is 0 Å². The zero-order valence-corrected chi connectivity index (χ0v) is 43.9. The Balaban J connectivity index is 0.00000574. The van der Waals surface area contributed by atoms with Gasteiger partial charge in [0.1, 0.15) is 5.58 Å². The van der Waals surface area contributed by atoms with Crippen molar-refractivity contribution in [1.29, 1.82) is 0 Å². The van der Waals surface area contributed by atoms with Gasteiger partial charge in [0.05, 0.1) is 22.4 Å². The van der Waals surface area contributed by atoms with Crippen LogP contribution < -0.4 is 0 Å². The Morgan fingerprint density at radius 2 is 1.10 bits per heavy atom. The summed E-state index contributed by atoms with van der Waals surface area (Å²) in [5.74, 6) is 0. The third kappa shape index (κ3) is 8.57. The van der Waals surface area contributed by atoms with E-state index in [1.54, 1.807) is 0 Å². The molecule has 4 aromatic heterocycles. The molecule has 5 heteroatoms. The molecule has 12 aromatic rings. The van der Waals surface area contributed by atoms with Crippen LogP contribution in [-0.2, 0) is 37.4 Å². The summed E-state index contributed by atoms with van der Waals surface area (Å²) >= 11 is 0. The van der Waals surface area contributed by atoms with Crippen LogP contribution in [0.25, 0.3) is 77.0 Å². The topological polar surface area (TPSA) is 51.8 Å².